The summed E-state index contributed by atoms with van der Waals surface area (Å²) >= 11 is 0. The summed E-state index contributed by atoms with van der Waals surface area (Å²) in [6, 6.07) is 9.36. The molecule has 0 unspecified atom stereocenters. The first-order valence-corrected chi connectivity index (χ1v) is 8.46. The molecule has 0 atom stereocenters. The number of aromatic nitrogens is 2. The fourth-order valence-corrected chi connectivity index (χ4v) is 2.59. The van der Waals surface area contributed by atoms with Crippen LogP contribution in [0.4, 0.5) is 5.69 Å². The van der Waals surface area contributed by atoms with Gasteiger partial charge in [-0.05, 0) is 30.3 Å². The summed E-state index contributed by atoms with van der Waals surface area (Å²) in [5.41, 5.74) is 0.155. The highest BCUT2D eigenvalue weighted by Crippen LogP contribution is 2.15. The zero-order valence-electron chi connectivity index (χ0n) is 14.9. The minimum Gasteiger partial charge on any atom is -0.497 e. The normalized spacial score (nSPS) is 13.9. The van der Waals surface area contributed by atoms with Gasteiger partial charge in [-0.1, -0.05) is 0 Å². The molecule has 3 rings (SSSR count). The molecule has 2 heterocycles. The average molecular weight is 372 g/mol. The van der Waals surface area contributed by atoms with Crippen molar-refractivity contribution in [3.05, 3.63) is 52.4 Å². The molecule has 1 aliphatic heterocycles. The Labute approximate surface area is 155 Å². The Morgan fingerprint density at radius 2 is 1.85 bits per heavy atom. The van der Waals surface area contributed by atoms with Crippen LogP contribution in [0.15, 0.2) is 41.2 Å². The van der Waals surface area contributed by atoms with E-state index in [2.05, 4.69) is 10.4 Å². The highest BCUT2D eigenvalue weighted by molar-refractivity contribution is 6.02. The largest absolute Gasteiger partial charge is 0.497 e. The van der Waals surface area contributed by atoms with Gasteiger partial charge in [-0.15, -0.1) is 0 Å². The van der Waals surface area contributed by atoms with Crippen molar-refractivity contribution < 1.29 is 19.1 Å². The van der Waals surface area contributed by atoms with Gasteiger partial charge in [-0.2, -0.15) is 5.10 Å². The topological polar surface area (TPSA) is 103 Å². The molecule has 9 heteroatoms. The SMILES string of the molecule is COc1ccc(NC(=O)c2ccc(=O)n(CC(=O)N3CCOCC3)n2)cc1. The van der Waals surface area contributed by atoms with Crippen LogP contribution in [0, 0.1) is 0 Å². The van der Waals surface area contributed by atoms with E-state index in [1.807, 2.05) is 0 Å². The number of amides is 2. The maximum absolute atomic E-state index is 12.4. The molecule has 0 radical (unpaired) electrons. The molecule has 0 saturated carbocycles. The molecule has 2 aromatic rings. The molecule has 0 aliphatic carbocycles. The number of methoxy groups -OCH3 is 1. The van der Waals surface area contributed by atoms with Crippen LogP contribution in [-0.4, -0.2) is 59.9 Å². The van der Waals surface area contributed by atoms with Crippen LogP contribution in [0.3, 0.4) is 0 Å². The third-order valence-electron chi connectivity index (χ3n) is 4.10. The quantitative estimate of drug-likeness (QED) is 0.813. The summed E-state index contributed by atoms with van der Waals surface area (Å²) in [6.45, 7) is 1.68. The van der Waals surface area contributed by atoms with Crippen LogP contribution in [0.5, 0.6) is 5.75 Å². The maximum atomic E-state index is 12.4. The summed E-state index contributed by atoms with van der Waals surface area (Å²) in [5.74, 6) is -0.0466. The van der Waals surface area contributed by atoms with Gasteiger partial charge in [0.05, 0.1) is 20.3 Å². The van der Waals surface area contributed by atoms with E-state index in [1.165, 1.54) is 12.1 Å². The Kier molecular flexibility index (Phi) is 5.82. The molecular formula is C18H20N4O5. The van der Waals surface area contributed by atoms with Gasteiger partial charge in [-0.3, -0.25) is 14.4 Å². The van der Waals surface area contributed by atoms with Crippen molar-refractivity contribution in [2.24, 2.45) is 0 Å². The summed E-state index contributed by atoms with van der Waals surface area (Å²) < 4.78 is 11.3. The van der Waals surface area contributed by atoms with Crippen molar-refractivity contribution in [3.8, 4) is 5.75 Å². The van der Waals surface area contributed by atoms with Crippen molar-refractivity contribution in [1.82, 2.24) is 14.7 Å². The lowest BCUT2D eigenvalue weighted by molar-refractivity contribution is -0.136. The molecule has 0 spiro atoms. The highest BCUT2D eigenvalue weighted by atomic mass is 16.5. The summed E-state index contributed by atoms with van der Waals surface area (Å²) in [6.07, 6.45) is 0. The summed E-state index contributed by atoms with van der Waals surface area (Å²) in [7, 11) is 1.55. The zero-order chi connectivity index (χ0) is 19.2. The average Bonchev–Trinajstić information content (AvgIpc) is 2.70. The van der Waals surface area contributed by atoms with Crippen LogP contribution in [0.1, 0.15) is 10.5 Å². The summed E-state index contributed by atoms with van der Waals surface area (Å²) in [4.78, 5) is 38.3. The zero-order valence-corrected chi connectivity index (χ0v) is 14.9. The van der Waals surface area contributed by atoms with Gasteiger partial charge < -0.3 is 19.7 Å². The standard InChI is InChI=1S/C18H20N4O5/c1-26-14-4-2-13(3-5-14)19-18(25)15-6-7-16(23)22(20-15)12-17(24)21-8-10-27-11-9-21/h2-7H,8-12H2,1H3,(H,19,25). The Morgan fingerprint density at radius 1 is 1.15 bits per heavy atom. The number of ether oxygens (including phenoxy) is 2. The second-order valence-corrected chi connectivity index (χ2v) is 5.89. The number of nitrogens with zero attached hydrogens (tertiary/aromatic N) is 3. The number of nitrogens with one attached hydrogen (secondary N) is 1. The molecule has 0 bridgehead atoms. The van der Waals surface area contributed by atoms with Crippen molar-refractivity contribution in [3.63, 3.8) is 0 Å². The Balaban J connectivity index is 1.70. The second-order valence-electron chi connectivity index (χ2n) is 5.89. The lowest BCUT2D eigenvalue weighted by Crippen LogP contribution is -2.43. The van der Waals surface area contributed by atoms with Crippen LogP contribution >= 0.6 is 0 Å². The molecule has 1 aliphatic rings. The van der Waals surface area contributed by atoms with E-state index in [4.69, 9.17) is 9.47 Å². The molecule has 27 heavy (non-hydrogen) atoms. The van der Waals surface area contributed by atoms with Gasteiger partial charge in [0.2, 0.25) is 5.91 Å². The molecule has 1 saturated heterocycles. The van der Waals surface area contributed by atoms with Gasteiger partial charge >= 0.3 is 0 Å². The first-order valence-electron chi connectivity index (χ1n) is 8.46. The smallest absolute Gasteiger partial charge is 0.276 e. The van der Waals surface area contributed by atoms with E-state index in [0.29, 0.717) is 37.7 Å². The Morgan fingerprint density at radius 3 is 2.52 bits per heavy atom. The monoisotopic (exact) mass is 372 g/mol. The molecule has 2 amide bonds. The van der Waals surface area contributed by atoms with Crippen LogP contribution < -0.4 is 15.6 Å². The van der Waals surface area contributed by atoms with Gasteiger partial charge in [0.1, 0.15) is 18.0 Å². The third kappa shape index (κ3) is 4.70. The Bertz CT molecular complexity index is 872. The Hall–Kier alpha value is -3.20. The molecular weight excluding hydrogens is 352 g/mol. The minimum absolute atomic E-state index is 0.0418. The number of hydrogen-bond acceptors (Lipinski definition) is 6. The van der Waals surface area contributed by atoms with Crippen LogP contribution in [0.2, 0.25) is 0 Å². The van der Waals surface area contributed by atoms with Crippen LogP contribution in [0.25, 0.3) is 0 Å². The lowest BCUT2D eigenvalue weighted by atomic mass is 10.3. The van der Waals surface area contributed by atoms with Gasteiger partial charge in [-0.25, -0.2) is 4.68 Å². The number of carbonyl (C=O) groups is 2. The van der Waals surface area contributed by atoms with Crippen LogP contribution in [-0.2, 0) is 16.1 Å². The van der Waals surface area contributed by atoms with Crippen molar-refractivity contribution in [1.29, 1.82) is 0 Å². The summed E-state index contributed by atoms with van der Waals surface area (Å²) in [5, 5.41) is 6.71. The first-order chi connectivity index (χ1) is 13.1. The molecule has 142 valence electrons. The number of hydrogen-bond donors (Lipinski definition) is 1. The number of benzene rings is 1. The van der Waals surface area contributed by atoms with E-state index in [0.717, 1.165) is 4.68 Å². The predicted octanol–water partition coefficient (Wildman–Crippen LogP) is 0.363. The fraction of sp³-hybridized carbons (Fsp3) is 0.333. The van der Waals surface area contributed by atoms with E-state index in [-0.39, 0.29) is 18.1 Å². The number of rotatable bonds is 5. The van der Waals surface area contributed by atoms with Crippen molar-refractivity contribution in [2.45, 2.75) is 6.54 Å². The van der Waals surface area contributed by atoms with Crippen molar-refractivity contribution in [2.75, 3.05) is 38.7 Å². The van der Waals surface area contributed by atoms with E-state index >= 15 is 0 Å². The number of carbonyl (C=O) groups excluding carboxylic acids is 2. The molecule has 1 N–H and O–H groups in total. The number of anilines is 1. The third-order valence-corrected chi connectivity index (χ3v) is 4.10. The fourth-order valence-electron chi connectivity index (χ4n) is 2.59. The van der Waals surface area contributed by atoms with E-state index < -0.39 is 11.5 Å². The molecule has 9 nitrogen and oxygen atoms in total. The van der Waals surface area contributed by atoms with Crippen molar-refractivity contribution >= 4 is 17.5 Å². The second kappa shape index (κ2) is 8.45. The predicted molar refractivity (Wildman–Crippen MR) is 96.8 cm³/mol. The van der Waals surface area contributed by atoms with Gasteiger partial charge in [0.15, 0.2) is 0 Å². The van der Waals surface area contributed by atoms with Gasteiger partial charge in [0.25, 0.3) is 11.5 Å². The van der Waals surface area contributed by atoms with E-state index in [1.54, 1.807) is 36.3 Å². The molecule has 1 aromatic carbocycles. The minimum atomic E-state index is -0.479. The maximum Gasteiger partial charge on any atom is 0.276 e. The highest BCUT2D eigenvalue weighted by Gasteiger charge is 2.19. The molecule has 1 fully saturated rings. The first kappa shape index (κ1) is 18.6. The van der Waals surface area contributed by atoms with Gasteiger partial charge in [0, 0.05) is 24.8 Å². The van der Waals surface area contributed by atoms with E-state index in [9.17, 15) is 14.4 Å². The lowest BCUT2D eigenvalue weighted by Gasteiger charge is -2.26. The molecule has 1 aromatic heterocycles. The number of morpholine rings is 1.